The molecule has 1 aromatic rings. The number of rotatable bonds is 3. The number of guanidine groups is 1. The van der Waals surface area contributed by atoms with Gasteiger partial charge in [-0.25, -0.2) is 4.98 Å². The summed E-state index contributed by atoms with van der Waals surface area (Å²) >= 11 is 0. The first-order valence-corrected chi connectivity index (χ1v) is 9.94. The summed E-state index contributed by atoms with van der Waals surface area (Å²) in [7, 11) is 1.90. The third-order valence-corrected chi connectivity index (χ3v) is 6.30. The molecule has 2 saturated heterocycles. The van der Waals surface area contributed by atoms with Crippen molar-refractivity contribution in [1.82, 2.24) is 15.2 Å². The second-order valence-corrected chi connectivity index (χ2v) is 8.00. The molecule has 5 heteroatoms. The van der Waals surface area contributed by atoms with Gasteiger partial charge in [0.15, 0.2) is 5.96 Å². The molecule has 0 unspecified atom stereocenters. The van der Waals surface area contributed by atoms with Gasteiger partial charge in [-0.2, -0.15) is 0 Å². The van der Waals surface area contributed by atoms with E-state index < -0.39 is 0 Å². The number of hydrogen-bond acceptors (Lipinski definition) is 3. The van der Waals surface area contributed by atoms with E-state index in [2.05, 4.69) is 37.2 Å². The Morgan fingerprint density at radius 2 is 2.00 bits per heavy atom. The zero-order valence-corrected chi connectivity index (χ0v) is 15.5. The molecule has 0 aromatic carbocycles. The van der Waals surface area contributed by atoms with Crippen molar-refractivity contribution in [3.63, 3.8) is 0 Å². The summed E-state index contributed by atoms with van der Waals surface area (Å²) < 4.78 is 0. The van der Waals surface area contributed by atoms with E-state index >= 15 is 0 Å². The van der Waals surface area contributed by atoms with Crippen molar-refractivity contribution in [2.24, 2.45) is 10.4 Å². The van der Waals surface area contributed by atoms with Gasteiger partial charge in [-0.3, -0.25) is 4.99 Å². The summed E-state index contributed by atoms with van der Waals surface area (Å²) in [5, 5.41) is 3.57. The highest BCUT2D eigenvalue weighted by molar-refractivity contribution is 5.80. The van der Waals surface area contributed by atoms with Crippen LogP contribution in [0.5, 0.6) is 0 Å². The number of piperidine rings is 1. The number of aliphatic imine (C=N–C) groups is 1. The molecule has 5 nitrogen and oxygen atoms in total. The SMILES string of the molecule is CN=C(NCc1ccnc(N2CCCCC2)c1)N1CCC2(CCC2)C1. The summed E-state index contributed by atoms with van der Waals surface area (Å²) in [5.74, 6) is 2.18. The van der Waals surface area contributed by atoms with E-state index in [-0.39, 0.29) is 0 Å². The predicted molar refractivity (Wildman–Crippen MR) is 103 cm³/mol. The van der Waals surface area contributed by atoms with E-state index in [9.17, 15) is 0 Å². The van der Waals surface area contributed by atoms with E-state index in [4.69, 9.17) is 0 Å². The molecular weight excluding hydrogens is 310 g/mol. The number of pyridine rings is 1. The first kappa shape index (κ1) is 16.7. The number of nitrogens with one attached hydrogen (secondary N) is 1. The summed E-state index contributed by atoms with van der Waals surface area (Å²) in [6.07, 6.45) is 11.4. The minimum atomic E-state index is 0.607. The van der Waals surface area contributed by atoms with E-state index in [1.807, 2.05) is 13.2 Å². The van der Waals surface area contributed by atoms with Crippen LogP contribution in [0.4, 0.5) is 5.82 Å². The van der Waals surface area contributed by atoms with Gasteiger partial charge < -0.3 is 15.1 Å². The van der Waals surface area contributed by atoms with Crippen molar-refractivity contribution in [2.75, 3.05) is 38.1 Å². The van der Waals surface area contributed by atoms with Gasteiger partial charge in [-0.05, 0) is 61.6 Å². The lowest BCUT2D eigenvalue weighted by atomic mass is 9.68. The smallest absolute Gasteiger partial charge is 0.193 e. The van der Waals surface area contributed by atoms with Crippen molar-refractivity contribution >= 4 is 11.8 Å². The number of anilines is 1. The van der Waals surface area contributed by atoms with Crippen LogP contribution in [0, 0.1) is 5.41 Å². The summed E-state index contributed by atoms with van der Waals surface area (Å²) in [5.41, 5.74) is 1.89. The lowest BCUT2D eigenvalue weighted by molar-refractivity contribution is 0.151. The second kappa shape index (κ2) is 7.22. The predicted octanol–water partition coefficient (Wildman–Crippen LogP) is 3.02. The van der Waals surface area contributed by atoms with Gasteiger partial charge in [0.2, 0.25) is 0 Å². The van der Waals surface area contributed by atoms with Gasteiger partial charge in [0.05, 0.1) is 0 Å². The van der Waals surface area contributed by atoms with Crippen LogP contribution in [-0.4, -0.2) is 49.1 Å². The van der Waals surface area contributed by atoms with E-state index in [0.717, 1.165) is 38.0 Å². The van der Waals surface area contributed by atoms with Crippen molar-refractivity contribution in [3.05, 3.63) is 23.9 Å². The molecule has 3 fully saturated rings. The number of aromatic nitrogens is 1. The average molecular weight is 342 g/mol. The fourth-order valence-corrected chi connectivity index (χ4v) is 4.58. The molecule has 25 heavy (non-hydrogen) atoms. The molecule has 0 atom stereocenters. The summed E-state index contributed by atoms with van der Waals surface area (Å²) in [4.78, 5) is 14.0. The summed E-state index contributed by atoms with van der Waals surface area (Å²) in [6, 6.07) is 4.36. The highest BCUT2D eigenvalue weighted by Gasteiger charge is 2.43. The lowest BCUT2D eigenvalue weighted by Gasteiger charge is -2.38. The zero-order valence-electron chi connectivity index (χ0n) is 15.5. The molecule has 1 N–H and O–H groups in total. The second-order valence-electron chi connectivity index (χ2n) is 8.00. The number of hydrogen-bond donors (Lipinski definition) is 1. The molecule has 0 radical (unpaired) electrons. The molecule has 2 aliphatic heterocycles. The monoisotopic (exact) mass is 341 g/mol. The number of nitrogens with zero attached hydrogens (tertiary/aromatic N) is 4. The minimum absolute atomic E-state index is 0.607. The van der Waals surface area contributed by atoms with Crippen LogP contribution in [0.1, 0.15) is 50.5 Å². The molecule has 136 valence electrons. The van der Waals surface area contributed by atoms with E-state index in [0.29, 0.717) is 5.41 Å². The Morgan fingerprint density at radius 3 is 2.68 bits per heavy atom. The third kappa shape index (κ3) is 3.60. The van der Waals surface area contributed by atoms with Crippen LogP contribution < -0.4 is 10.2 Å². The zero-order chi connectivity index (χ0) is 17.1. The van der Waals surface area contributed by atoms with Crippen LogP contribution in [0.25, 0.3) is 0 Å². The van der Waals surface area contributed by atoms with E-state index in [1.165, 1.54) is 57.1 Å². The average Bonchev–Trinajstić information content (AvgIpc) is 3.09. The van der Waals surface area contributed by atoms with Crippen LogP contribution in [-0.2, 0) is 6.54 Å². The molecular formula is C20H31N5. The molecule has 1 aromatic heterocycles. The molecule has 3 aliphatic rings. The Bertz CT molecular complexity index is 616. The van der Waals surface area contributed by atoms with Gasteiger partial charge in [-0.15, -0.1) is 0 Å². The first-order valence-electron chi connectivity index (χ1n) is 9.94. The highest BCUT2D eigenvalue weighted by Crippen LogP contribution is 2.47. The number of likely N-dealkylation sites (tertiary alicyclic amines) is 1. The third-order valence-electron chi connectivity index (χ3n) is 6.30. The molecule has 3 heterocycles. The molecule has 0 amide bonds. The standard InChI is InChI=1S/C20H31N5/c1-21-19(25-13-9-20(16-25)7-5-8-20)23-15-17-6-10-22-18(14-17)24-11-3-2-4-12-24/h6,10,14H,2-5,7-9,11-13,15-16H2,1H3,(H,21,23). The Balaban J connectivity index is 1.35. The van der Waals surface area contributed by atoms with Gasteiger partial charge in [0, 0.05) is 46.0 Å². The fraction of sp³-hybridized carbons (Fsp3) is 0.700. The van der Waals surface area contributed by atoms with Crippen molar-refractivity contribution in [1.29, 1.82) is 0 Å². The first-order chi connectivity index (χ1) is 12.3. The molecule has 1 spiro atoms. The maximum absolute atomic E-state index is 4.58. The van der Waals surface area contributed by atoms with E-state index in [1.54, 1.807) is 0 Å². The molecule has 0 bridgehead atoms. The van der Waals surface area contributed by atoms with Crippen molar-refractivity contribution < 1.29 is 0 Å². The van der Waals surface area contributed by atoms with Crippen LogP contribution in [0.2, 0.25) is 0 Å². The highest BCUT2D eigenvalue weighted by atomic mass is 15.3. The summed E-state index contributed by atoms with van der Waals surface area (Å²) in [6.45, 7) is 5.43. The molecule has 1 saturated carbocycles. The maximum atomic E-state index is 4.58. The quantitative estimate of drug-likeness (QED) is 0.678. The molecule has 1 aliphatic carbocycles. The Hall–Kier alpha value is -1.78. The lowest BCUT2D eigenvalue weighted by Crippen LogP contribution is -2.42. The minimum Gasteiger partial charge on any atom is -0.357 e. The van der Waals surface area contributed by atoms with Crippen LogP contribution >= 0.6 is 0 Å². The Labute approximate surface area is 151 Å². The normalized spacial score (nSPS) is 23.0. The topological polar surface area (TPSA) is 43.8 Å². The van der Waals surface area contributed by atoms with Crippen LogP contribution in [0.15, 0.2) is 23.3 Å². The largest absolute Gasteiger partial charge is 0.357 e. The van der Waals surface area contributed by atoms with Crippen molar-refractivity contribution in [2.45, 2.75) is 51.5 Å². The van der Waals surface area contributed by atoms with Gasteiger partial charge in [-0.1, -0.05) is 6.42 Å². The maximum Gasteiger partial charge on any atom is 0.193 e. The van der Waals surface area contributed by atoms with Gasteiger partial charge in [0.1, 0.15) is 5.82 Å². The Morgan fingerprint density at radius 1 is 1.16 bits per heavy atom. The Kier molecular flexibility index (Phi) is 4.82. The molecule has 4 rings (SSSR count). The van der Waals surface area contributed by atoms with Crippen molar-refractivity contribution in [3.8, 4) is 0 Å². The van der Waals surface area contributed by atoms with Gasteiger partial charge >= 0.3 is 0 Å². The van der Waals surface area contributed by atoms with Crippen LogP contribution in [0.3, 0.4) is 0 Å². The van der Waals surface area contributed by atoms with Gasteiger partial charge in [0.25, 0.3) is 0 Å². The fourth-order valence-electron chi connectivity index (χ4n) is 4.58.